The van der Waals surface area contributed by atoms with Gasteiger partial charge in [-0.15, -0.1) is 11.8 Å². The van der Waals surface area contributed by atoms with Gasteiger partial charge in [0, 0.05) is 6.08 Å². The van der Waals surface area contributed by atoms with E-state index in [2.05, 4.69) is 19.1 Å². The van der Waals surface area contributed by atoms with Crippen LogP contribution in [0.25, 0.3) is 0 Å². The molecule has 0 aromatic rings. The van der Waals surface area contributed by atoms with Crippen LogP contribution >= 0.6 is 11.8 Å². The molecule has 0 radical (unpaired) electrons. The molecular weight excluding hydrogens is 408 g/mol. The summed E-state index contributed by atoms with van der Waals surface area (Å²) in [6.45, 7) is 2.26. The molecule has 0 aromatic heterocycles. The molecule has 0 saturated carbocycles. The number of hydrogen-bond donors (Lipinski definition) is 0. The molecule has 0 unspecified atom stereocenters. The summed E-state index contributed by atoms with van der Waals surface area (Å²) in [5.74, 6) is 0.286. The van der Waals surface area contributed by atoms with Crippen molar-refractivity contribution in [2.24, 2.45) is 0 Å². The number of ketones is 2. The number of methoxy groups -OCH3 is 2. The molecule has 1 rings (SSSR count). The summed E-state index contributed by atoms with van der Waals surface area (Å²) in [7, 11) is 2.76. The third-order valence-electron chi connectivity index (χ3n) is 5.44. The standard InChI is InChI=1S/C26H42O4S/c1-4-5-6-7-8-9-10-11-12-13-14-15-16-17-18-19-20-31-23-21-22(27)25(29-2)26(30-3)24(23)28/h11-12,21H,4-10,13-20H2,1-3H3/b12-11-. The molecule has 0 saturated heterocycles. The smallest absolute Gasteiger partial charge is 0.238 e. The summed E-state index contributed by atoms with van der Waals surface area (Å²) >= 11 is 1.44. The Morgan fingerprint density at radius 2 is 1.26 bits per heavy atom. The van der Waals surface area contributed by atoms with Crippen LogP contribution in [0, 0.1) is 0 Å². The van der Waals surface area contributed by atoms with Crippen molar-refractivity contribution in [3.8, 4) is 0 Å². The van der Waals surface area contributed by atoms with E-state index >= 15 is 0 Å². The minimum absolute atomic E-state index is 0.00546. The average molecular weight is 451 g/mol. The molecule has 0 aromatic carbocycles. The third-order valence-corrected chi connectivity index (χ3v) is 6.55. The van der Waals surface area contributed by atoms with Gasteiger partial charge >= 0.3 is 0 Å². The third kappa shape index (κ3) is 11.6. The first-order chi connectivity index (χ1) is 15.2. The topological polar surface area (TPSA) is 52.6 Å². The van der Waals surface area contributed by atoms with Gasteiger partial charge < -0.3 is 9.47 Å². The second-order valence-electron chi connectivity index (χ2n) is 8.05. The fourth-order valence-electron chi connectivity index (χ4n) is 3.59. The van der Waals surface area contributed by atoms with Crippen molar-refractivity contribution in [1.29, 1.82) is 0 Å². The predicted molar refractivity (Wildman–Crippen MR) is 131 cm³/mol. The number of thioether (sulfide) groups is 1. The lowest BCUT2D eigenvalue weighted by Gasteiger charge is -2.16. The number of hydrogen-bond acceptors (Lipinski definition) is 5. The fraction of sp³-hybridized carbons (Fsp3) is 0.692. The first-order valence-corrected chi connectivity index (χ1v) is 13.0. The van der Waals surface area contributed by atoms with Crippen molar-refractivity contribution < 1.29 is 19.1 Å². The first kappa shape index (κ1) is 27.5. The number of unbranched alkanes of at least 4 members (excludes halogenated alkanes) is 12. The lowest BCUT2D eigenvalue weighted by molar-refractivity contribution is -0.119. The van der Waals surface area contributed by atoms with E-state index in [1.165, 1.54) is 109 Å². The predicted octanol–water partition coefficient (Wildman–Crippen LogP) is 7.30. The van der Waals surface area contributed by atoms with Crippen LogP contribution in [0.3, 0.4) is 0 Å². The molecule has 5 heteroatoms. The summed E-state index contributed by atoms with van der Waals surface area (Å²) in [6, 6.07) is 0. The van der Waals surface area contributed by atoms with E-state index in [1.54, 1.807) is 0 Å². The van der Waals surface area contributed by atoms with Crippen LogP contribution in [0.5, 0.6) is 0 Å². The molecule has 0 bridgehead atoms. The molecule has 31 heavy (non-hydrogen) atoms. The zero-order chi connectivity index (χ0) is 22.7. The summed E-state index contributed by atoms with van der Waals surface area (Å²) < 4.78 is 10.1. The Labute approximate surface area is 193 Å². The van der Waals surface area contributed by atoms with E-state index in [1.807, 2.05) is 0 Å². The lowest BCUT2D eigenvalue weighted by Crippen LogP contribution is -2.20. The molecule has 0 heterocycles. The summed E-state index contributed by atoms with van der Waals surface area (Å²) in [6.07, 6.45) is 24.0. The second-order valence-corrected chi connectivity index (χ2v) is 9.19. The van der Waals surface area contributed by atoms with Crippen molar-refractivity contribution >= 4 is 23.3 Å². The van der Waals surface area contributed by atoms with Crippen molar-refractivity contribution in [1.82, 2.24) is 0 Å². The van der Waals surface area contributed by atoms with Crippen molar-refractivity contribution in [3.63, 3.8) is 0 Å². The highest BCUT2D eigenvalue weighted by atomic mass is 32.2. The Hall–Kier alpha value is -1.49. The van der Waals surface area contributed by atoms with E-state index in [0.29, 0.717) is 4.91 Å². The van der Waals surface area contributed by atoms with E-state index < -0.39 is 0 Å². The molecule has 0 spiro atoms. The second kappa shape index (κ2) is 18.1. The Balaban J connectivity index is 1.99. The SMILES string of the molecule is CCCCCCCC/C=C\CCCCCCCCSC1=CC(=O)C(OC)=C(OC)C1=O. The number of carbonyl (C=O) groups excluding carboxylic acids is 2. The fourth-order valence-corrected chi connectivity index (χ4v) is 4.58. The Morgan fingerprint density at radius 1 is 0.742 bits per heavy atom. The van der Waals surface area contributed by atoms with Gasteiger partial charge in [-0.3, -0.25) is 9.59 Å². The van der Waals surface area contributed by atoms with Gasteiger partial charge in [-0.25, -0.2) is 0 Å². The van der Waals surface area contributed by atoms with Crippen molar-refractivity contribution in [2.75, 3.05) is 20.0 Å². The van der Waals surface area contributed by atoms with Crippen LogP contribution in [0.2, 0.25) is 0 Å². The van der Waals surface area contributed by atoms with Crippen LogP contribution in [-0.2, 0) is 19.1 Å². The Bertz CT molecular complexity index is 619. The molecule has 1 aliphatic carbocycles. The van der Waals surface area contributed by atoms with Crippen molar-refractivity contribution in [3.05, 3.63) is 34.7 Å². The molecule has 0 amide bonds. The maximum atomic E-state index is 12.4. The van der Waals surface area contributed by atoms with Gasteiger partial charge in [0.2, 0.25) is 23.1 Å². The van der Waals surface area contributed by atoms with E-state index in [4.69, 9.17) is 9.47 Å². The quantitative estimate of drug-likeness (QED) is 0.117. The Morgan fingerprint density at radius 3 is 1.81 bits per heavy atom. The molecule has 1 aliphatic rings. The van der Waals surface area contributed by atoms with E-state index in [-0.39, 0.29) is 23.1 Å². The van der Waals surface area contributed by atoms with Crippen LogP contribution in [0.4, 0.5) is 0 Å². The molecule has 0 aliphatic heterocycles. The highest BCUT2D eigenvalue weighted by Crippen LogP contribution is 2.28. The van der Waals surface area contributed by atoms with Crippen LogP contribution in [-0.4, -0.2) is 31.5 Å². The molecule has 0 N–H and O–H groups in total. The monoisotopic (exact) mass is 450 g/mol. The maximum Gasteiger partial charge on any atom is 0.238 e. The number of ether oxygens (including phenoxy) is 2. The number of carbonyl (C=O) groups is 2. The lowest BCUT2D eigenvalue weighted by atomic mass is 10.1. The first-order valence-electron chi connectivity index (χ1n) is 12.1. The minimum Gasteiger partial charge on any atom is -0.490 e. The maximum absolute atomic E-state index is 12.4. The van der Waals surface area contributed by atoms with Gasteiger partial charge in [0.1, 0.15) is 0 Å². The molecular formula is C26H42O4S. The van der Waals surface area contributed by atoms with Gasteiger partial charge in [-0.1, -0.05) is 76.9 Å². The Kier molecular flexibility index (Phi) is 16.1. The summed E-state index contributed by atoms with van der Waals surface area (Å²) in [5.41, 5.74) is 0. The highest BCUT2D eigenvalue weighted by Gasteiger charge is 2.30. The van der Waals surface area contributed by atoms with Crippen LogP contribution in [0.15, 0.2) is 34.7 Å². The zero-order valence-corrected chi connectivity index (χ0v) is 20.7. The number of rotatable bonds is 19. The number of allylic oxidation sites excluding steroid dienone is 4. The van der Waals surface area contributed by atoms with Crippen LogP contribution in [0.1, 0.15) is 96.8 Å². The zero-order valence-electron chi connectivity index (χ0n) is 19.9. The highest BCUT2D eigenvalue weighted by molar-refractivity contribution is 8.04. The summed E-state index contributed by atoms with van der Waals surface area (Å²) in [4.78, 5) is 24.8. The largest absolute Gasteiger partial charge is 0.490 e. The van der Waals surface area contributed by atoms with E-state index in [0.717, 1.165) is 18.6 Å². The number of Topliss-reactive ketones (excluding diaryl/α,β-unsaturated/α-hetero) is 1. The average Bonchev–Trinajstić information content (AvgIpc) is 2.77. The minimum atomic E-state index is -0.303. The van der Waals surface area contributed by atoms with Gasteiger partial charge in [0.05, 0.1) is 19.1 Å². The molecule has 176 valence electrons. The van der Waals surface area contributed by atoms with E-state index in [9.17, 15) is 9.59 Å². The van der Waals surface area contributed by atoms with Gasteiger partial charge in [0.15, 0.2) is 0 Å². The molecule has 0 fully saturated rings. The normalized spacial score (nSPS) is 14.5. The molecule has 4 nitrogen and oxygen atoms in total. The van der Waals surface area contributed by atoms with Crippen LogP contribution < -0.4 is 0 Å². The van der Waals surface area contributed by atoms with Gasteiger partial charge in [-0.05, 0) is 37.9 Å². The van der Waals surface area contributed by atoms with Crippen molar-refractivity contribution in [2.45, 2.75) is 96.8 Å². The van der Waals surface area contributed by atoms with Gasteiger partial charge in [-0.2, -0.15) is 0 Å². The molecule has 0 atom stereocenters. The van der Waals surface area contributed by atoms with Gasteiger partial charge in [0.25, 0.3) is 0 Å². The summed E-state index contributed by atoms with van der Waals surface area (Å²) in [5, 5.41) is 0.